The summed E-state index contributed by atoms with van der Waals surface area (Å²) in [5.41, 5.74) is 2.62. The van der Waals surface area contributed by atoms with Crippen LogP contribution in [-0.4, -0.2) is 9.73 Å². The van der Waals surface area contributed by atoms with Crippen molar-refractivity contribution in [3.8, 4) is 0 Å². The van der Waals surface area contributed by atoms with Crippen LogP contribution in [0.1, 0.15) is 46.2 Å². The standard InChI is InChI=1S/C15H21NS/c1-10(2)13-14(17-15(3,4)5)11-8-6-7-9-12(11)16-13/h6-10,16H,1-5H3. The second kappa shape index (κ2) is 4.41. The molecule has 0 saturated heterocycles. The van der Waals surface area contributed by atoms with Crippen LogP contribution in [0.3, 0.4) is 0 Å². The van der Waals surface area contributed by atoms with Gasteiger partial charge < -0.3 is 4.98 Å². The Hall–Kier alpha value is -0.890. The Morgan fingerprint density at radius 3 is 2.35 bits per heavy atom. The first-order valence-corrected chi connectivity index (χ1v) is 7.00. The average Bonchev–Trinajstić information content (AvgIpc) is 2.55. The lowest BCUT2D eigenvalue weighted by molar-refractivity contribution is 0.789. The minimum absolute atomic E-state index is 0.245. The van der Waals surface area contributed by atoms with Crippen LogP contribution in [0.25, 0.3) is 10.9 Å². The number of hydrogen-bond acceptors (Lipinski definition) is 1. The predicted octanol–water partition coefficient (Wildman–Crippen LogP) is 5.18. The summed E-state index contributed by atoms with van der Waals surface area (Å²) in [6.45, 7) is 11.3. The lowest BCUT2D eigenvalue weighted by Crippen LogP contribution is -2.07. The summed E-state index contributed by atoms with van der Waals surface area (Å²) in [4.78, 5) is 4.98. The molecular weight excluding hydrogens is 226 g/mol. The van der Waals surface area contributed by atoms with Crippen LogP contribution in [0, 0.1) is 0 Å². The van der Waals surface area contributed by atoms with Gasteiger partial charge in [0.05, 0.1) is 0 Å². The van der Waals surface area contributed by atoms with E-state index in [4.69, 9.17) is 0 Å². The van der Waals surface area contributed by atoms with Crippen LogP contribution >= 0.6 is 11.8 Å². The minimum Gasteiger partial charge on any atom is -0.357 e. The zero-order chi connectivity index (χ0) is 12.6. The Kier molecular flexibility index (Phi) is 3.26. The maximum absolute atomic E-state index is 3.57. The van der Waals surface area contributed by atoms with Crippen molar-refractivity contribution in [1.82, 2.24) is 4.98 Å². The quantitative estimate of drug-likeness (QED) is 0.723. The topological polar surface area (TPSA) is 15.8 Å². The van der Waals surface area contributed by atoms with Gasteiger partial charge in [0, 0.05) is 26.2 Å². The van der Waals surface area contributed by atoms with E-state index in [9.17, 15) is 0 Å². The molecule has 1 aromatic carbocycles. The molecule has 0 aliphatic heterocycles. The van der Waals surface area contributed by atoms with Crippen LogP contribution in [0.4, 0.5) is 0 Å². The first kappa shape index (κ1) is 12.6. The zero-order valence-corrected chi connectivity index (χ0v) is 12.1. The highest BCUT2D eigenvalue weighted by atomic mass is 32.2. The molecule has 2 heteroatoms. The van der Waals surface area contributed by atoms with Crippen molar-refractivity contribution in [2.45, 2.75) is 50.2 Å². The molecular formula is C15H21NS. The third-order valence-corrected chi connectivity index (χ3v) is 3.93. The number of benzene rings is 1. The molecule has 0 atom stereocenters. The molecule has 0 aliphatic carbocycles. The van der Waals surface area contributed by atoms with E-state index < -0.39 is 0 Å². The van der Waals surface area contributed by atoms with E-state index in [1.165, 1.54) is 21.5 Å². The SMILES string of the molecule is CC(C)c1[nH]c2ccccc2c1SC(C)(C)C. The first-order valence-electron chi connectivity index (χ1n) is 6.18. The van der Waals surface area contributed by atoms with E-state index in [1.54, 1.807) is 0 Å². The smallest absolute Gasteiger partial charge is 0.0467 e. The Balaban J connectivity index is 2.60. The Morgan fingerprint density at radius 2 is 1.76 bits per heavy atom. The van der Waals surface area contributed by atoms with Crippen LogP contribution in [0.5, 0.6) is 0 Å². The molecule has 92 valence electrons. The van der Waals surface area contributed by atoms with E-state index in [-0.39, 0.29) is 4.75 Å². The highest BCUT2D eigenvalue weighted by molar-refractivity contribution is 8.00. The second-order valence-corrected chi connectivity index (χ2v) is 7.62. The molecule has 2 aromatic rings. The van der Waals surface area contributed by atoms with Gasteiger partial charge in [-0.3, -0.25) is 0 Å². The molecule has 0 amide bonds. The number of fused-ring (bicyclic) bond motifs is 1. The van der Waals surface area contributed by atoms with Crippen molar-refractivity contribution >= 4 is 22.7 Å². The molecule has 0 saturated carbocycles. The highest BCUT2D eigenvalue weighted by Gasteiger charge is 2.20. The van der Waals surface area contributed by atoms with Gasteiger partial charge in [0.25, 0.3) is 0 Å². The normalized spacial score (nSPS) is 12.6. The van der Waals surface area contributed by atoms with Crippen molar-refractivity contribution in [2.24, 2.45) is 0 Å². The fraction of sp³-hybridized carbons (Fsp3) is 0.467. The van der Waals surface area contributed by atoms with Gasteiger partial charge in [-0.2, -0.15) is 0 Å². The van der Waals surface area contributed by atoms with Crippen molar-refractivity contribution in [2.75, 3.05) is 0 Å². The number of rotatable bonds is 2. The van der Waals surface area contributed by atoms with E-state index >= 15 is 0 Å². The number of aromatic nitrogens is 1. The van der Waals surface area contributed by atoms with E-state index in [2.05, 4.69) is 63.9 Å². The highest BCUT2D eigenvalue weighted by Crippen LogP contribution is 2.41. The summed E-state index contributed by atoms with van der Waals surface area (Å²) in [6, 6.07) is 8.58. The third kappa shape index (κ3) is 2.68. The summed E-state index contributed by atoms with van der Waals surface area (Å²) in [7, 11) is 0. The molecule has 0 bridgehead atoms. The van der Waals surface area contributed by atoms with Crippen LogP contribution in [-0.2, 0) is 0 Å². The first-order chi connectivity index (χ1) is 7.88. The van der Waals surface area contributed by atoms with Crippen molar-refractivity contribution in [1.29, 1.82) is 0 Å². The number of hydrogen-bond donors (Lipinski definition) is 1. The number of aromatic amines is 1. The Morgan fingerprint density at radius 1 is 1.12 bits per heavy atom. The van der Waals surface area contributed by atoms with Crippen molar-refractivity contribution < 1.29 is 0 Å². The fourth-order valence-corrected chi connectivity index (χ4v) is 3.26. The number of H-pyrrole nitrogens is 1. The van der Waals surface area contributed by atoms with Gasteiger partial charge in [-0.1, -0.05) is 52.8 Å². The average molecular weight is 247 g/mol. The monoisotopic (exact) mass is 247 g/mol. The number of thioether (sulfide) groups is 1. The minimum atomic E-state index is 0.245. The summed E-state index contributed by atoms with van der Waals surface area (Å²) in [5.74, 6) is 0.534. The molecule has 17 heavy (non-hydrogen) atoms. The molecule has 1 heterocycles. The van der Waals surface area contributed by atoms with Crippen molar-refractivity contribution in [3.05, 3.63) is 30.0 Å². The maximum atomic E-state index is 3.57. The molecule has 0 spiro atoms. The van der Waals surface area contributed by atoms with Crippen LogP contribution in [0.15, 0.2) is 29.2 Å². The lowest BCUT2D eigenvalue weighted by atomic mass is 10.1. The van der Waals surface area contributed by atoms with E-state index in [1.807, 2.05) is 11.8 Å². The summed E-state index contributed by atoms with van der Waals surface area (Å²) >= 11 is 1.96. The maximum Gasteiger partial charge on any atom is 0.0467 e. The summed E-state index contributed by atoms with van der Waals surface area (Å²) in [5, 5.41) is 1.36. The van der Waals surface area contributed by atoms with Gasteiger partial charge in [-0.25, -0.2) is 0 Å². The van der Waals surface area contributed by atoms with Gasteiger partial charge in [-0.05, 0) is 12.0 Å². The summed E-state index contributed by atoms with van der Waals surface area (Å²) in [6.07, 6.45) is 0. The fourth-order valence-electron chi connectivity index (χ4n) is 1.96. The van der Waals surface area contributed by atoms with Crippen molar-refractivity contribution in [3.63, 3.8) is 0 Å². The molecule has 1 aromatic heterocycles. The second-order valence-electron chi connectivity index (χ2n) is 5.78. The molecule has 1 nitrogen and oxygen atoms in total. The molecule has 1 N–H and O–H groups in total. The van der Waals surface area contributed by atoms with Gasteiger partial charge in [0.2, 0.25) is 0 Å². The third-order valence-electron chi connectivity index (χ3n) is 2.67. The molecule has 0 aliphatic rings. The van der Waals surface area contributed by atoms with Crippen LogP contribution < -0.4 is 0 Å². The van der Waals surface area contributed by atoms with Gasteiger partial charge in [0.1, 0.15) is 0 Å². The largest absolute Gasteiger partial charge is 0.357 e. The molecule has 0 unspecified atom stereocenters. The lowest BCUT2D eigenvalue weighted by Gasteiger charge is -2.19. The Labute approximate surface area is 108 Å². The van der Waals surface area contributed by atoms with Gasteiger partial charge >= 0.3 is 0 Å². The number of para-hydroxylation sites is 1. The van der Waals surface area contributed by atoms with E-state index in [0.29, 0.717) is 5.92 Å². The molecule has 0 radical (unpaired) electrons. The number of nitrogens with one attached hydrogen (secondary N) is 1. The van der Waals surface area contributed by atoms with Gasteiger partial charge in [0.15, 0.2) is 0 Å². The van der Waals surface area contributed by atoms with Crippen LogP contribution in [0.2, 0.25) is 0 Å². The van der Waals surface area contributed by atoms with Gasteiger partial charge in [-0.15, -0.1) is 11.8 Å². The molecule has 2 rings (SSSR count). The zero-order valence-electron chi connectivity index (χ0n) is 11.3. The van der Waals surface area contributed by atoms with E-state index in [0.717, 1.165) is 0 Å². The summed E-state index contributed by atoms with van der Waals surface area (Å²) < 4.78 is 0.245. The Bertz CT molecular complexity index is 517. The predicted molar refractivity (Wildman–Crippen MR) is 78.0 cm³/mol. The molecule has 0 fully saturated rings.